The van der Waals surface area contributed by atoms with E-state index in [1.807, 2.05) is 20.8 Å². The zero-order valence-corrected chi connectivity index (χ0v) is 12.9. The third-order valence-corrected chi connectivity index (χ3v) is 4.42. The molecule has 1 rings (SSSR count). The molecule has 1 aromatic rings. The van der Waals surface area contributed by atoms with E-state index >= 15 is 0 Å². The molecule has 0 amide bonds. The predicted octanol–water partition coefficient (Wildman–Crippen LogP) is 3.55. The van der Waals surface area contributed by atoms with Crippen LogP contribution in [0, 0.1) is 0 Å². The van der Waals surface area contributed by atoms with Gasteiger partial charge in [0.25, 0.3) is 0 Å². The Balaban J connectivity index is 0.00000121. The van der Waals surface area contributed by atoms with Crippen molar-refractivity contribution in [3.63, 3.8) is 0 Å². The third-order valence-electron chi connectivity index (χ3n) is 1.95. The average molecular weight is 322 g/mol. The zero-order valence-electron chi connectivity index (χ0n) is 10.5. The van der Waals surface area contributed by atoms with Gasteiger partial charge in [-0.15, -0.1) is 0 Å². The average Bonchev–Trinajstić information content (AvgIpc) is 2.32. The van der Waals surface area contributed by atoms with E-state index in [1.165, 1.54) is 0 Å². The van der Waals surface area contributed by atoms with Crippen molar-refractivity contribution in [2.24, 2.45) is 0 Å². The first-order valence-electron chi connectivity index (χ1n) is 5.82. The van der Waals surface area contributed by atoms with E-state index in [9.17, 15) is 8.42 Å². The van der Waals surface area contributed by atoms with Gasteiger partial charge >= 0.3 is 0 Å². The summed E-state index contributed by atoms with van der Waals surface area (Å²) in [5.74, 6) is 0. The number of hydrogen-bond acceptors (Lipinski definition) is 2. The molecule has 1 aromatic carbocycles. The molecule has 0 saturated carbocycles. The first kappa shape index (κ1) is 16.6. The summed E-state index contributed by atoms with van der Waals surface area (Å²) in [6.45, 7) is 6.51. The van der Waals surface area contributed by atoms with Crippen LogP contribution in [0.4, 0.5) is 0 Å². The van der Waals surface area contributed by atoms with Gasteiger partial charge in [-0.1, -0.05) is 39.3 Å². The van der Waals surface area contributed by atoms with Crippen LogP contribution in [0.25, 0.3) is 0 Å². The maximum Gasteiger partial charge on any atom is 0.241 e. The molecule has 0 saturated heterocycles. The molecule has 0 aliphatic carbocycles. The molecule has 0 atom stereocenters. The van der Waals surface area contributed by atoms with Crippen LogP contribution in [0.2, 0.25) is 0 Å². The topological polar surface area (TPSA) is 46.2 Å². The fourth-order valence-electron chi connectivity index (χ4n) is 1.12. The number of unbranched alkanes of at least 4 members (excludes halogenated alkanes) is 1. The van der Waals surface area contributed by atoms with E-state index in [-0.39, 0.29) is 0 Å². The van der Waals surface area contributed by atoms with Gasteiger partial charge in [0.15, 0.2) is 0 Å². The van der Waals surface area contributed by atoms with E-state index in [1.54, 1.807) is 24.3 Å². The van der Waals surface area contributed by atoms with Crippen LogP contribution in [-0.2, 0) is 10.0 Å². The fraction of sp³-hybridized carbons (Fsp3) is 0.500. The van der Waals surface area contributed by atoms with E-state index in [2.05, 4.69) is 20.7 Å². The van der Waals surface area contributed by atoms with Crippen molar-refractivity contribution in [1.29, 1.82) is 0 Å². The summed E-state index contributed by atoms with van der Waals surface area (Å²) in [7, 11) is -3.36. The standard InChI is InChI=1S/C10H14BrNO2S.C2H6/c1-2-3-8-12-15(13,14)10-7-5-4-6-9(10)11;1-2/h4-7,12H,2-3,8H2,1H3;1-2H3. The van der Waals surface area contributed by atoms with Crippen molar-refractivity contribution in [3.8, 4) is 0 Å². The molecule has 98 valence electrons. The number of nitrogens with one attached hydrogen (secondary N) is 1. The summed E-state index contributed by atoms with van der Waals surface area (Å²) in [4.78, 5) is 0.293. The van der Waals surface area contributed by atoms with E-state index in [0.717, 1.165) is 12.8 Å². The van der Waals surface area contributed by atoms with Crippen molar-refractivity contribution in [1.82, 2.24) is 4.72 Å². The molecule has 0 aliphatic rings. The zero-order chi connectivity index (χ0) is 13.3. The van der Waals surface area contributed by atoms with E-state index in [0.29, 0.717) is 15.9 Å². The first-order valence-corrected chi connectivity index (χ1v) is 8.09. The smallest absolute Gasteiger partial charge is 0.211 e. The number of halogens is 1. The quantitative estimate of drug-likeness (QED) is 0.843. The van der Waals surface area contributed by atoms with Gasteiger partial charge in [-0.3, -0.25) is 0 Å². The molecule has 0 heterocycles. The maximum absolute atomic E-state index is 11.8. The first-order chi connectivity index (χ1) is 8.08. The Morgan fingerprint density at radius 3 is 2.35 bits per heavy atom. The third kappa shape index (κ3) is 5.66. The molecule has 0 radical (unpaired) electrons. The summed E-state index contributed by atoms with van der Waals surface area (Å²) >= 11 is 3.22. The molecule has 0 unspecified atom stereocenters. The molecule has 5 heteroatoms. The lowest BCUT2D eigenvalue weighted by Crippen LogP contribution is -2.24. The maximum atomic E-state index is 11.8. The number of rotatable bonds is 5. The van der Waals surface area contributed by atoms with Crippen LogP contribution in [0.5, 0.6) is 0 Å². The minimum Gasteiger partial charge on any atom is -0.211 e. The summed E-state index contributed by atoms with van der Waals surface area (Å²) < 4.78 is 26.7. The molecule has 0 bridgehead atoms. The Labute approximate surface area is 113 Å². The lowest BCUT2D eigenvalue weighted by atomic mass is 10.3. The summed E-state index contributed by atoms with van der Waals surface area (Å²) in [5.41, 5.74) is 0. The minimum absolute atomic E-state index is 0.293. The normalized spacial score (nSPS) is 10.6. The predicted molar refractivity (Wildman–Crippen MR) is 75.6 cm³/mol. The van der Waals surface area contributed by atoms with Crippen molar-refractivity contribution in [2.45, 2.75) is 38.5 Å². The number of benzene rings is 1. The van der Waals surface area contributed by atoms with Crippen LogP contribution >= 0.6 is 15.9 Å². The van der Waals surface area contributed by atoms with Gasteiger partial charge in [0.2, 0.25) is 10.0 Å². The summed E-state index contributed by atoms with van der Waals surface area (Å²) in [5, 5.41) is 0. The largest absolute Gasteiger partial charge is 0.241 e. The molecular formula is C12H20BrNO2S. The van der Waals surface area contributed by atoms with Gasteiger partial charge in [0, 0.05) is 11.0 Å². The Hall–Kier alpha value is -0.390. The molecular weight excluding hydrogens is 302 g/mol. The Bertz CT molecular complexity index is 418. The van der Waals surface area contributed by atoms with Crippen LogP contribution in [-0.4, -0.2) is 15.0 Å². The monoisotopic (exact) mass is 321 g/mol. The molecule has 0 fully saturated rings. The van der Waals surface area contributed by atoms with Gasteiger partial charge in [0.1, 0.15) is 0 Å². The highest BCUT2D eigenvalue weighted by molar-refractivity contribution is 9.10. The molecule has 1 N–H and O–H groups in total. The molecule has 0 spiro atoms. The van der Waals surface area contributed by atoms with Gasteiger partial charge in [-0.25, -0.2) is 13.1 Å². The number of sulfonamides is 1. The van der Waals surface area contributed by atoms with Crippen molar-refractivity contribution in [2.75, 3.05) is 6.54 Å². The van der Waals surface area contributed by atoms with Crippen molar-refractivity contribution in [3.05, 3.63) is 28.7 Å². The van der Waals surface area contributed by atoms with Crippen LogP contribution in [0.15, 0.2) is 33.6 Å². The summed E-state index contributed by atoms with van der Waals surface area (Å²) in [6, 6.07) is 6.79. The molecule has 0 aromatic heterocycles. The SMILES string of the molecule is CC.CCCCNS(=O)(=O)c1ccccc1Br. The second-order valence-corrected chi connectivity index (χ2v) is 5.77. The fourth-order valence-corrected chi connectivity index (χ4v) is 3.20. The van der Waals surface area contributed by atoms with Gasteiger partial charge in [0.05, 0.1) is 4.90 Å². The Morgan fingerprint density at radius 1 is 1.24 bits per heavy atom. The van der Waals surface area contributed by atoms with E-state index in [4.69, 9.17) is 0 Å². The second kappa shape index (κ2) is 8.66. The van der Waals surface area contributed by atoms with E-state index < -0.39 is 10.0 Å². The molecule has 3 nitrogen and oxygen atoms in total. The number of hydrogen-bond donors (Lipinski definition) is 1. The van der Waals surface area contributed by atoms with Crippen molar-refractivity contribution >= 4 is 26.0 Å². The molecule has 0 aliphatic heterocycles. The highest BCUT2D eigenvalue weighted by Crippen LogP contribution is 2.20. The van der Waals surface area contributed by atoms with Crippen molar-refractivity contribution < 1.29 is 8.42 Å². The van der Waals surface area contributed by atoms with Crippen LogP contribution in [0.1, 0.15) is 33.6 Å². The molecule has 17 heavy (non-hydrogen) atoms. The van der Waals surface area contributed by atoms with Crippen LogP contribution in [0.3, 0.4) is 0 Å². The lowest BCUT2D eigenvalue weighted by molar-refractivity contribution is 0.578. The van der Waals surface area contributed by atoms with Gasteiger partial charge in [-0.2, -0.15) is 0 Å². The summed E-state index contributed by atoms with van der Waals surface area (Å²) in [6.07, 6.45) is 1.82. The Kier molecular flexibility index (Phi) is 8.47. The Morgan fingerprint density at radius 2 is 1.82 bits per heavy atom. The highest BCUT2D eigenvalue weighted by Gasteiger charge is 2.15. The van der Waals surface area contributed by atoms with Gasteiger partial charge in [-0.05, 0) is 34.5 Å². The lowest BCUT2D eigenvalue weighted by Gasteiger charge is -2.07. The minimum atomic E-state index is -3.36. The van der Waals surface area contributed by atoms with Crippen LogP contribution < -0.4 is 4.72 Å². The van der Waals surface area contributed by atoms with Gasteiger partial charge < -0.3 is 0 Å². The second-order valence-electron chi connectivity index (χ2n) is 3.18. The highest BCUT2D eigenvalue weighted by atomic mass is 79.9.